The molecule has 1 N–H and O–H groups in total. The van der Waals surface area contributed by atoms with E-state index in [1.165, 1.54) is 17.2 Å². The first kappa shape index (κ1) is 15.4. The van der Waals surface area contributed by atoms with Gasteiger partial charge in [0.05, 0.1) is 5.69 Å². The lowest BCUT2D eigenvalue weighted by molar-refractivity contribution is 0.332. The van der Waals surface area contributed by atoms with Gasteiger partial charge < -0.3 is 10.1 Å². The molecule has 2 nitrogen and oxygen atoms in total. The summed E-state index contributed by atoms with van der Waals surface area (Å²) in [6.07, 6.45) is 0. The van der Waals surface area contributed by atoms with Crippen LogP contribution in [0, 0.1) is 12.7 Å². The Kier molecular flexibility index (Phi) is 5.20. The predicted molar refractivity (Wildman–Crippen MR) is 85.7 cm³/mol. The van der Waals surface area contributed by atoms with E-state index >= 15 is 0 Å². The van der Waals surface area contributed by atoms with Crippen LogP contribution in [0.25, 0.3) is 0 Å². The third-order valence-electron chi connectivity index (χ3n) is 3.42. The summed E-state index contributed by atoms with van der Waals surface area (Å²) in [4.78, 5) is 0. The monoisotopic (exact) mass is 287 g/mol. The first-order chi connectivity index (χ1) is 10.1. The number of rotatable bonds is 6. The molecule has 0 fully saturated rings. The SMILES string of the molecule is Cc1cc(OCCNc2ccccc2F)ccc1C(C)C. The maximum Gasteiger partial charge on any atom is 0.146 e. The molecule has 0 radical (unpaired) electrons. The van der Waals surface area contributed by atoms with Crippen LogP contribution in [-0.2, 0) is 0 Å². The summed E-state index contributed by atoms with van der Waals surface area (Å²) in [7, 11) is 0. The van der Waals surface area contributed by atoms with Crippen molar-refractivity contribution >= 4 is 5.69 Å². The highest BCUT2D eigenvalue weighted by atomic mass is 19.1. The lowest BCUT2D eigenvalue weighted by atomic mass is 9.98. The van der Waals surface area contributed by atoms with Crippen molar-refractivity contribution < 1.29 is 9.13 Å². The van der Waals surface area contributed by atoms with Gasteiger partial charge in [-0.05, 0) is 48.2 Å². The van der Waals surface area contributed by atoms with E-state index in [0.717, 1.165) is 5.75 Å². The van der Waals surface area contributed by atoms with E-state index in [0.29, 0.717) is 24.8 Å². The summed E-state index contributed by atoms with van der Waals surface area (Å²) in [6, 6.07) is 12.8. The molecule has 0 aromatic heterocycles. The number of aryl methyl sites for hydroxylation is 1. The highest BCUT2D eigenvalue weighted by Gasteiger charge is 2.05. The molecule has 112 valence electrons. The summed E-state index contributed by atoms with van der Waals surface area (Å²) in [5.41, 5.74) is 3.09. The van der Waals surface area contributed by atoms with Gasteiger partial charge in [0.1, 0.15) is 18.2 Å². The van der Waals surface area contributed by atoms with Crippen LogP contribution in [0.3, 0.4) is 0 Å². The van der Waals surface area contributed by atoms with Crippen molar-refractivity contribution in [2.75, 3.05) is 18.5 Å². The Balaban J connectivity index is 1.84. The van der Waals surface area contributed by atoms with E-state index in [9.17, 15) is 4.39 Å². The molecular formula is C18H22FNO. The van der Waals surface area contributed by atoms with Gasteiger partial charge in [0.25, 0.3) is 0 Å². The molecular weight excluding hydrogens is 265 g/mol. The van der Waals surface area contributed by atoms with Crippen molar-refractivity contribution in [1.29, 1.82) is 0 Å². The molecule has 0 bridgehead atoms. The van der Waals surface area contributed by atoms with Gasteiger partial charge in [-0.1, -0.05) is 32.0 Å². The van der Waals surface area contributed by atoms with Crippen LogP contribution in [0.4, 0.5) is 10.1 Å². The molecule has 0 spiro atoms. The average Bonchev–Trinajstić information content (AvgIpc) is 2.45. The molecule has 2 aromatic carbocycles. The Hall–Kier alpha value is -2.03. The molecule has 3 heteroatoms. The summed E-state index contributed by atoms with van der Waals surface area (Å²) in [6.45, 7) is 7.52. The number of anilines is 1. The molecule has 0 atom stereocenters. The second kappa shape index (κ2) is 7.11. The Morgan fingerprint density at radius 2 is 1.90 bits per heavy atom. The van der Waals surface area contributed by atoms with Crippen LogP contribution in [0.1, 0.15) is 30.9 Å². The van der Waals surface area contributed by atoms with E-state index in [4.69, 9.17) is 4.74 Å². The van der Waals surface area contributed by atoms with Crippen molar-refractivity contribution in [2.45, 2.75) is 26.7 Å². The summed E-state index contributed by atoms with van der Waals surface area (Å²) in [5, 5.41) is 3.03. The topological polar surface area (TPSA) is 21.3 Å². The highest BCUT2D eigenvalue weighted by Crippen LogP contribution is 2.23. The number of benzene rings is 2. The van der Waals surface area contributed by atoms with Crippen molar-refractivity contribution in [2.24, 2.45) is 0 Å². The zero-order chi connectivity index (χ0) is 15.2. The average molecular weight is 287 g/mol. The quantitative estimate of drug-likeness (QED) is 0.774. The zero-order valence-electron chi connectivity index (χ0n) is 12.8. The Labute approximate surface area is 126 Å². The van der Waals surface area contributed by atoms with Gasteiger partial charge >= 0.3 is 0 Å². The maximum absolute atomic E-state index is 13.4. The Morgan fingerprint density at radius 1 is 1.14 bits per heavy atom. The summed E-state index contributed by atoms with van der Waals surface area (Å²) < 4.78 is 19.1. The molecule has 0 aliphatic carbocycles. The number of ether oxygens (including phenoxy) is 1. The van der Waals surface area contributed by atoms with E-state index in [1.807, 2.05) is 6.07 Å². The summed E-state index contributed by atoms with van der Waals surface area (Å²) in [5.74, 6) is 1.13. The third kappa shape index (κ3) is 4.22. The molecule has 2 rings (SSSR count). The number of halogens is 1. The smallest absolute Gasteiger partial charge is 0.146 e. The second-order valence-corrected chi connectivity index (χ2v) is 5.43. The number of para-hydroxylation sites is 1. The first-order valence-electron chi connectivity index (χ1n) is 7.29. The molecule has 21 heavy (non-hydrogen) atoms. The van der Waals surface area contributed by atoms with Crippen molar-refractivity contribution in [3.8, 4) is 5.75 Å². The van der Waals surface area contributed by atoms with Crippen molar-refractivity contribution in [3.63, 3.8) is 0 Å². The van der Waals surface area contributed by atoms with Crippen LogP contribution in [0.5, 0.6) is 5.75 Å². The standard InChI is InChI=1S/C18H22FNO/c1-13(2)16-9-8-15(12-14(16)3)21-11-10-20-18-7-5-4-6-17(18)19/h4-9,12-13,20H,10-11H2,1-3H3. The van der Waals surface area contributed by atoms with E-state index in [2.05, 4.69) is 38.2 Å². The fraction of sp³-hybridized carbons (Fsp3) is 0.333. The number of nitrogens with one attached hydrogen (secondary N) is 1. The van der Waals surface area contributed by atoms with Gasteiger partial charge in [-0.3, -0.25) is 0 Å². The highest BCUT2D eigenvalue weighted by molar-refractivity contribution is 5.44. The van der Waals surface area contributed by atoms with E-state index in [-0.39, 0.29) is 5.82 Å². The number of hydrogen-bond acceptors (Lipinski definition) is 2. The van der Waals surface area contributed by atoms with Crippen molar-refractivity contribution in [3.05, 3.63) is 59.4 Å². The fourth-order valence-electron chi connectivity index (χ4n) is 2.34. The van der Waals surface area contributed by atoms with Gasteiger partial charge in [-0.2, -0.15) is 0 Å². The second-order valence-electron chi connectivity index (χ2n) is 5.43. The van der Waals surface area contributed by atoms with Crippen LogP contribution in [0.2, 0.25) is 0 Å². The van der Waals surface area contributed by atoms with Gasteiger partial charge in [0.15, 0.2) is 0 Å². The molecule has 0 aliphatic rings. The van der Waals surface area contributed by atoms with Gasteiger partial charge in [-0.25, -0.2) is 4.39 Å². The molecule has 0 heterocycles. The molecule has 2 aromatic rings. The normalized spacial score (nSPS) is 10.7. The molecule has 0 aliphatic heterocycles. The van der Waals surface area contributed by atoms with E-state index in [1.54, 1.807) is 18.2 Å². The van der Waals surface area contributed by atoms with Crippen LogP contribution in [0.15, 0.2) is 42.5 Å². The molecule has 0 amide bonds. The minimum atomic E-state index is -0.241. The van der Waals surface area contributed by atoms with Gasteiger partial charge in [-0.15, -0.1) is 0 Å². The first-order valence-corrected chi connectivity index (χ1v) is 7.29. The van der Waals surface area contributed by atoms with Gasteiger partial charge in [0.2, 0.25) is 0 Å². The lowest BCUT2D eigenvalue weighted by Crippen LogP contribution is -2.12. The summed E-state index contributed by atoms with van der Waals surface area (Å²) >= 11 is 0. The Morgan fingerprint density at radius 3 is 2.57 bits per heavy atom. The molecule has 0 saturated heterocycles. The molecule has 0 saturated carbocycles. The van der Waals surface area contributed by atoms with Crippen LogP contribution >= 0.6 is 0 Å². The van der Waals surface area contributed by atoms with Crippen LogP contribution < -0.4 is 10.1 Å². The minimum absolute atomic E-state index is 0.241. The van der Waals surface area contributed by atoms with Gasteiger partial charge in [0, 0.05) is 6.54 Å². The zero-order valence-corrected chi connectivity index (χ0v) is 12.8. The van der Waals surface area contributed by atoms with E-state index < -0.39 is 0 Å². The maximum atomic E-state index is 13.4. The number of hydrogen-bond donors (Lipinski definition) is 1. The molecule has 0 unspecified atom stereocenters. The van der Waals surface area contributed by atoms with Crippen LogP contribution in [-0.4, -0.2) is 13.2 Å². The predicted octanol–water partition coefficient (Wildman–Crippen LogP) is 4.75. The fourth-order valence-corrected chi connectivity index (χ4v) is 2.34. The lowest BCUT2D eigenvalue weighted by Gasteiger charge is -2.13. The minimum Gasteiger partial charge on any atom is -0.492 e. The Bertz CT molecular complexity index is 596. The largest absolute Gasteiger partial charge is 0.492 e. The third-order valence-corrected chi connectivity index (χ3v) is 3.42. The van der Waals surface area contributed by atoms with Crippen molar-refractivity contribution in [1.82, 2.24) is 0 Å².